The van der Waals surface area contributed by atoms with Crippen LogP contribution in [0.3, 0.4) is 0 Å². The van der Waals surface area contributed by atoms with E-state index in [0.717, 1.165) is 31.3 Å². The molecule has 150 valence electrons. The van der Waals surface area contributed by atoms with Gasteiger partial charge in [-0.05, 0) is 36.5 Å². The Kier molecular flexibility index (Phi) is 5.98. The summed E-state index contributed by atoms with van der Waals surface area (Å²) in [4.78, 5) is 43.3. The first kappa shape index (κ1) is 20.3. The molecule has 2 aliphatic rings. The van der Waals surface area contributed by atoms with E-state index >= 15 is 0 Å². The number of nitrogens with one attached hydrogen (secondary N) is 1. The van der Waals surface area contributed by atoms with Gasteiger partial charge >= 0.3 is 0 Å². The highest BCUT2D eigenvalue weighted by Crippen LogP contribution is 2.38. The van der Waals surface area contributed by atoms with E-state index in [1.54, 1.807) is 11.0 Å². The number of aryl methyl sites for hydroxylation is 1. The average molecular weight is 384 g/mol. The summed E-state index contributed by atoms with van der Waals surface area (Å²) in [6, 6.07) is 1.43. The number of rotatable bonds is 7. The molecule has 0 radical (unpaired) electrons. The van der Waals surface area contributed by atoms with Crippen LogP contribution in [0.4, 0.5) is 0 Å². The lowest BCUT2D eigenvalue weighted by molar-refractivity contribution is 0.0541. The van der Waals surface area contributed by atoms with Crippen LogP contribution in [0.25, 0.3) is 0 Å². The van der Waals surface area contributed by atoms with Gasteiger partial charge in [-0.1, -0.05) is 40.0 Å². The first-order valence-electron chi connectivity index (χ1n) is 10.2. The fourth-order valence-corrected chi connectivity index (χ4v) is 4.08. The number of Topliss-reactive ketones (excluding diaryl/α,β-unsaturated/α-hetero) is 2. The van der Waals surface area contributed by atoms with Crippen molar-refractivity contribution in [2.45, 2.75) is 65.5 Å². The molecule has 2 N–H and O–H groups in total. The highest BCUT2D eigenvalue weighted by Gasteiger charge is 2.41. The third-order valence-electron chi connectivity index (χ3n) is 5.33. The quantitative estimate of drug-likeness (QED) is 0.754. The van der Waals surface area contributed by atoms with Crippen LogP contribution >= 0.6 is 0 Å². The fraction of sp³-hybridized carbons (Fsp3) is 0.500. The molecule has 1 aliphatic heterocycles. The van der Waals surface area contributed by atoms with Gasteiger partial charge in [-0.3, -0.25) is 14.4 Å². The van der Waals surface area contributed by atoms with E-state index in [0.29, 0.717) is 36.1 Å². The third kappa shape index (κ3) is 3.37. The maximum absolute atomic E-state index is 13.5. The second-order valence-electron chi connectivity index (χ2n) is 7.44. The van der Waals surface area contributed by atoms with Crippen molar-refractivity contribution < 1.29 is 14.7 Å². The molecule has 1 aromatic rings. The minimum Gasteiger partial charge on any atom is -0.370 e. The Balaban J connectivity index is 2.23. The number of pyridine rings is 1. The Morgan fingerprint density at radius 1 is 1.04 bits per heavy atom. The SMILES string of the molecule is CCCCN1C2=C(C(=O)c3c(CCC)cc(=O)[nH]c3C2=O)C(CCC)=CC1O. The van der Waals surface area contributed by atoms with E-state index in [2.05, 4.69) is 4.98 Å². The average Bonchev–Trinajstić information content (AvgIpc) is 2.65. The summed E-state index contributed by atoms with van der Waals surface area (Å²) in [6.45, 7) is 6.47. The van der Waals surface area contributed by atoms with Crippen LogP contribution < -0.4 is 5.56 Å². The van der Waals surface area contributed by atoms with Gasteiger partial charge < -0.3 is 15.0 Å². The number of unbranched alkanes of at least 4 members (excludes halogenated alkanes) is 1. The number of ketones is 2. The molecule has 0 saturated heterocycles. The largest absolute Gasteiger partial charge is 0.370 e. The van der Waals surface area contributed by atoms with Gasteiger partial charge in [0.05, 0.1) is 11.1 Å². The molecule has 0 bridgehead atoms. The molecule has 2 heterocycles. The monoisotopic (exact) mass is 384 g/mol. The third-order valence-corrected chi connectivity index (χ3v) is 5.33. The highest BCUT2D eigenvalue weighted by molar-refractivity contribution is 6.28. The summed E-state index contributed by atoms with van der Waals surface area (Å²) in [5, 5.41) is 10.7. The predicted molar refractivity (Wildman–Crippen MR) is 107 cm³/mol. The van der Waals surface area contributed by atoms with Gasteiger partial charge in [0.1, 0.15) is 17.6 Å². The highest BCUT2D eigenvalue weighted by atomic mass is 16.3. The van der Waals surface area contributed by atoms with E-state index in [1.807, 2.05) is 20.8 Å². The number of carbonyl (C=O) groups is 2. The van der Waals surface area contributed by atoms with Crippen LogP contribution in [0.15, 0.2) is 33.8 Å². The fourth-order valence-electron chi connectivity index (χ4n) is 4.08. The molecule has 1 atom stereocenters. The molecule has 28 heavy (non-hydrogen) atoms. The van der Waals surface area contributed by atoms with Crippen molar-refractivity contribution in [3.05, 3.63) is 56.2 Å². The van der Waals surface area contributed by atoms with Crippen LogP contribution in [0.1, 0.15) is 79.3 Å². The molecule has 1 aromatic heterocycles. The number of hydrogen-bond donors (Lipinski definition) is 2. The number of aromatic amines is 1. The first-order valence-corrected chi connectivity index (χ1v) is 10.2. The molecule has 3 rings (SSSR count). The number of aliphatic hydroxyl groups excluding tert-OH is 1. The van der Waals surface area contributed by atoms with Gasteiger partial charge in [0.2, 0.25) is 11.3 Å². The molecule has 6 nitrogen and oxygen atoms in total. The molecule has 0 spiro atoms. The minimum absolute atomic E-state index is 0.0612. The van der Waals surface area contributed by atoms with Crippen LogP contribution in [0, 0.1) is 0 Å². The van der Waals surface area contributed by atoms with E-state index in [1.165, 1.54) is 6.07 Å². The molecule has 1 unspecified atom stereocenters. The summed E-state index contributed by atoms with van der Waals surface area (Å²) in [7, 11) is 0. The molecule has 0 fully saturated rings. The number of aromatic nitrogens is 1. The lowest BCUT2D eigenvalue weighted by atomic mass is 9.80. The van der Waals surface area contributed by atoms with E-state index in [9.17, 15) is 19.5 Å². The Bertz CT molecular complexity index is 923. The van der Waals surface area contributed by atoms with Crippen LogP contribution in [0.2, 0.25) is 0 Å². The second-order valence-corrected chi connectivity index (χ2v) is 7.44. The second kappa shape index (κ2) is 8.27. The molecule has 1 aliphatic carbocycles. The van der Waals surface area contributed by atoms with Gasteiger partial charge in [0.25, 0.3) is 0 Å². The maximum Gasteiger partial charge on any atom is 0.248 e. The Hall–Kier alpha value is -2.47. The van der Waals surface area contributed by atoms with Crippen molar-refractivity contribution in [1.29, 1.82) is 0 Å². The van der Waals surface area contributed by atoms with E-state index in [-0.39, 0.29) is 28.5 Å². The van der Waals surface area contributed by atoms with Crippen molar-refractivity contribution in [3.8, 4) is 0 Å². The van der Waals surface area contributed by atoms with Gasteiger partial charge in [-0.2, -0.15) is 0 Å². The summed E-state index contributed by atoms with van der Waals surface area (Å²) >= 11 is 0. The van der Waals surface area contributed by atoms with Crippen molar-refractivity contribution >= 4 is 11.6 Å². The smallest absolute Gasteiger partial charge is 0.248 e. The molecule has 0 amide bonds. The van der Waals surface area contributed by atoms with Crippen LogP contribution in [-0.4, -0.2) is 39.3 Å². The number of fused-ring (bicyclic) bond motifs is 1. The van der Waals surface area contributed by atoms with Gasteiger partial charge in [0.15, 0.2) is 5.78 Å². The number of nitrogens with zero attached hydrogens (tertiary/aromatic N) is 1. The van der Waals surface area contributed by atoms with Crippen molar-refractivity contribution in [2.75, 3.05) is 6.54 Å². The standard InChI is InChI=1S/C22H28N2O4/c1-4-7-10-24-16(26)12-14(9-6-3)18-20(24)22(28)19-17(21(18)27)13(8-5-2)11-15(25)23-19/h11-12,16,26H,4-10H2,1-3H3,(H,23,25). The molecular formula is C22H28N2O4. The van der Waals surface area contributed by atoms with E-state index < -0.39 is 6.23 Å². The summed E-state index contributed by atoms with van der Waals surface area (Å²) in [5.74, 6) is -0.603. The number of hydrogen-bond acceptors (Lipinski definition) is 5. The van der Waals surface area contributed by atoms with E-state index in [4.69, 9.17) is 0 Å². The lowest BCUT2D eigenvalue weighted by Crippen LogP contribution is -2.44. The van der Waals surface area contributed by atoms with Gasteiger partial charge in [0, 0.05) is 12.6 Å². The zero-order valence-electron chi connectivity index (χ0n) is 16.8. The minimum atomic E-state index is -0.948. The van der Waals surface area contributed by atoms with Gasteiger partial charge in [-0.25, -0.2) is 0 Å². The van der Waals surface area contributed by atoms with Crippen molar-refractivity contribution in [2.24, 2.45) is 0 Å². The van der Waals surface area contributed by atoms with Crippen LogP contribution in [0.5, 0.6) is 0 Å². The lowest BCUT2D eigenvalue weighted by Gasteiger charge is -2.38. The first-order chi connectivity index (χ1) is 13.4. The molecule has 0 aromatic carbocycles. The summed E-state index contributed by atoms with van der Waals surface area (Å²) in [6.07, 6.45) is 5.16. The number of allylic oxidation sites excluding steroid dienone is 3. The molecule has 0 saturated carbocycles. The van der Waals surface area contributed by atoms with Crippen molar-refractivity contribution in [1.82, 2.24) is 9.88 Å². The zero-order valence-corrected chi connectivity index (χ0v) is 16.8. The van der Waals surface area contributed by atoms with Crippen LogP contribution in [-0.2, 0) is 6.42 Å². The number of carbonyl (C=O) groups excluding carboxylic acids is 2. The Labute approximate surface area is 165 Å². The molecule has 6 heteroatoms. The Morgan fingerprint density at radius 3 is 2.39 bits per heavy atom. The zero-order chi connectivity index (χ0) is 20.4. The number of H-pyrrole nitrogens is 1. The predicted octanol–water partition coefficient (Wildman–Crippen LogP) is 3.12. The molecular weight excluding hydrogens is 356 g/mol. The van der Waals surface area contributed by atoms with Gasteiger partial charge in [-0.15, -0.1) is 0 Å². The maximum atomic E-state index is 13.5. The topological polar surface area (TPSA) is 90.5 Å². The normalized spacial score (nSPS) is 18.9. The van der Waals surface area contributed by atoms with Crippen molar-refractivity contribution in [3.63, 3.8) is 0 Å². The number of aliphatic hydroxyl groups is 1. The summed E-state index contributed by atoms with van der Waals surface area (Å²) in [5.41, 5.74) is 1.96. The Morgan fingerprint density at radius 2 is 1.75 bits per heavy atom. The summed E-state index contributed by atoms with van der Waals surface area (Å²) < 4.78 is 0.